The summed E-state index contributed by atoms with van der Waals surface area (Å²) in [6.07, 6.45) is 4.44. The van der Waals surface area contributed by atoms with E-state index >= 15 is 0 Å². The first kappa shape index (κ1) is 15.1. The first-order valence-corrected chi connectivity index (χ1v) is 7.26. The summed E-state index contributed by atoms with van der Waals surface area (Å²) in [6.45, 7) is 6.83. The number of carbonyl (C=O) groups excluding carboxylic acids is 1. The van der Waals surface area contributed by atoms with Crippen molar-refractivity contribution in [2.24, 2.45) is 0 Å². The molecule has 2 aromatic rings. The van der Waals surface area contributed by atoms with Crippen LogP contribution in [0, 0.1) is 6.92 Å². The largest absolute Gasteiger partial charge is 0.384 e. The number of rotatable bonds is 6. The molecule has 1 aromatic carbocycles. The number of aromatic amines is 1. The number of benzene rings is 1. The Balaban J connectivity index is 2.15. The van der Waals surface area contributed by atoms with Crippen molar-refractivity contribution in [3.63, 3.8) is 0 Å². The van der Waals surface area contributed by atoms with E-state index in [1.807, 2.05) is 32.0 Å². The molecule has 1 aromatic heterocycles. The van der Waals surface area contributed by atoms with E-state index in [0.717, 1.165) is 30.0 Å². The molecule has 0 saturated heterocycles. The average molecular weight is 286 g/mol. The van der Waals surface area contributed by atoms with Gasteiger partial charge in [-0.1, -0.05) is 18.6 Å². The van der Waals surface area contributed by atoms with Crippen LogP contribution in [0.5, 0.6) is 0 Å². The zero-order valence-electron chi connectivity index (χ0n) is 12.7. The molecular weight excluding hydrogens is 264 g/mol. The van der Waals surface area contributed by atoms with Gasteiger partial charge < -0.3 is 15.6 Å². The van der Waals surface area contributed by atoms with E-state index in [0.29, 0.717) is 5.56 Å². The molecule has 21 heavy (non-hydrogen) atoms. The number of hydrogen-bond acceptors (Lipinski definition) is 3. The molecule has 2 rings (SSSR count). The lowest BCUT2D eigenvalue weighted by Crippen LogP contribution is -2.28. The van der Waals surface area contributed by atoms with Gasteiger partial charge in [0.1, 0.15) is 5.82 Å². The molecular formula is C16H22N4O. The Bertz CT molecular complexity index is 592. The van der Waals surface area contributed by atoms with Crippen LogP contribution in [0.3, 0.4) is 0 Å². The third-order valence-corrected chi connectivity index (χ3v) is 3.26. The highest BCUT2D eigenvalue weighted by Gasteiger charge is 2.16. The maximum absolute atomic E-state index is 12.5. The fraction of sp³-hybridized carbons (Fsp3) is 0.375. The number of aryl methyl sites for hydroxylation is 1. The molecule has 0 fully saturated rings. The Kier molecular flexibility index (Phi) is 4.98. The van der Waals surface area contributed by atoms with Crippen LogP contribution in [0.4, 0.5) is 5.69 Å². The van der Waals surface area contributed by atoms with Gasteiger partial charge >= 0.3 is 0 Å². The van der Waals surface area contributed by atoms with Crippen LogP contribution in [0.25, 0.3) is 0 Å². The minimum absolute atomic E-state index is 0.0961. The molecule has 0 radical (unpaired) electrons. The van der Waals surface area contributed by atoms with E-state index in [1.165, 1.54) is 0 Å². The highest BCUT2D eigenvalue weighted by Crippen LogP contribution is 2.18. The van der Waals surface area contributed by atoms with Gasteiger partial charge in [-0.05, 0) is 32.4 Å². The summed E-state index contributed by atoms with van der Waals surface area (Å²) in [5, 5.41) is 6.26. The van der Waals surface area contributed by atoms with Crippen molar-refractivity contribution < 1.29 is 4.79 Å². The second-order valence-electron chi connectivity index (χ2n) is 5.15. The quantitative estimate of drug-likeness (QED) is 0.764. The molecule has 1 amide bonds. The van der Waals surface area contributed by atoms with Crippen molar-refractivity contribution in [2.75, 3.05) is 11.9 Å². The summed E-state index contributed by atoms with van der Waals surface area (Å²) in [7, 11) is 0. The number of aromatic nitrogens is 2. The minimum atomic E-state index is -0.160. The normalized spacial score (nSPS) is 12.0. The van der Waals surface area contributed by atoms with Gasteiger partial charge in [-0.2, -0.15) is 0 Å². The first-order chi connectivity index (χ1) is 10.1. The maximum Gasteiger partial charge on any atom is 0.253 e. The molecule has 5 nitrogen and oxygen atoms in total. The van der Waals surface area contributed by atoms with E-state index in [2.05, 4.69) is 27.5 Å². The Morgan fingerprint density at radius 3 is 2.90 bits per heavy atom. The van der Waals surface area contributed by atoms with Gasteiger partial charge in [-0.15, -0.1) is 0 Å². The third kappa shape index (κ3) is 3.84. The third-order valence-electron chi connectivity index (χ3n) is 3.26. The second-order valence-corrected chi connectivity index (χ2v) is 5.15. The van der Waals surface area contributed by atoms with Crippen LogP contribution < -0.4 is 10.6 Å². The van der Waals surface area contributed by atoms with Crippen LogP contribution in [-0.4, -0.2) is 22.4 Å². The number of imidazole rings is 1. The topological polar surface area (TPSA) is 69.8 Å². The lowest BCUT2D eigenvalue weighted by atomic mass is 10.1. The standard InChI is InChI=1S/C16H22N4O/c1-4-7-17-14-6-5-11(2)10-13(14)16(21)20-12(3)15-18-8-9-19-15/h5-6,8-10,12,17H,4,7H2,1-3H3,(H,18,19)(H,20,21). The molecule has 112 valence electrons. The Labute approximate surface area is 125 Å². The zero-order valence-corrected chi connectivity index (χ0v) is 12.7. The van der Waals surface area contributed by atoms with Crippen molar-refractivity contribution in [3.8, 4) is 0 Å². The molecule has 0 aliphatic carbocycles. The van der Waals surface area contributed by atoms with Crippen molar-refractivity contribution in [3.05, 3.63) is 47.5 Å². The maximum atomic E-state index is 12.5. The van der Waals surface area contributed by atoms with E-state index in [9.17, 15) is 4.79 Å². The fourth-order valence-corrected chi connectivity index (χ4v) is 2.12. The molecule has 1 unspecified atom stereocenters. The van der Waals surface area contributed by atoms with Gasteiger partial charge in [0.2, 0.25) is 0 Å². The minimum Gasteiger partial charge on any atom is -0.384 e. The molecule has 1 atom stereocenters. The van der Waals surface area contributed by atoms with Gasteiger partial charge in [0.15, 0.2) is 0 Å². The van der Waals surface area contributed by atoms with Crippen LogP contribution in [0.15, 0.2) is 30.6 Å². The van der Waals surface area contributed by atoms with Crippen molar-refractivity contribution in [2.45, 2.75) is 33.2 Å². The Hall–Kier alpha value is -2.30. The number of nitrogens with one attached hydrogen (secondary N) is 3. The van der Waals surface area contributed by atoms with E-state index < -0.39 is 0 Å². The van der Waals surface area contributed by atoms with Crippen molar-refractivity contribution in [1.82, 2.24) is 15.3 Å². The molecule has 0 spiro atoms. The highest BCUT2D eigenvalue weighted by atomic mass is 16.1. The predicted octanol–water partition coefficient (Wildman–Crippen LogP) is 3.03. The summed E-state index contributed by atoms with van der Waals surface area (Å²) in [5.74, 6) is 0.653. The monoisotopic (exact) mass is 286 g/mol. The molecule has 5 heteroatoms. The Morgan fingerprint density at radius 1 is 1.43 bits per heavy atom. The summed E-state index contributed by atoms with van der Waals surface area (Å²) in [6, 6.07) is 5.71. The zero-order chi connectivity index (χ0) is 15.2. The van der Waals surface area contributed by atoms with Crippen LogP contribution in [0.1, 0.15) is 48.1 Å². The van der Waals surface area contributed by atoms with Gasteiger partial charge in [0, 0.05) is 24.6 Å². The van der Waals surface area contributed by atoms with E-state index in [4.69, 9.17) is 0 Å². The lowest BCUT2D eigenvalue weighted by molar-refractivity contribution is 0.0939. The summed E-state index contributed by atoms with van der Waals surface area (Å²) < 4.78 is 0. The SMILES string of the molecule is CCCNc1ccc(C)cc1C(=O)NC(C)c1ncc[nH]1. The fourth-order valence-electron chi connectivity index (χ4n) is 2.12. The number of amides is 1. The number of H-pyrrole nitrogens is 1. The van der Waals surface area contributed by atoms with Crippen LogP contribution >= 0.6 is 0 Å². The molecule has 1 heterocycles. The number of carbonyl (C=O) groups is 1. The van der Waals surface area contributed by atoms with Crippen LogP contribution in [-0.2, 0) is 0 Å². The number of nitrogens with zero attached hydrogens (tertiary/aromatic N) is 1. The molecule has 0 aliphatic heterocycles. The summed E-state index contributed by atoms with van der Waals surface area (Å²) in [5.41, 5.74) is 2.60. The number of hydrogen-bond donors (Lipinski definition) is 3. The first-order valence-electron chi connectivity index (χ1n) is 7.26. The van der Waals surface area contributed by atoms with Crippen LogP contribution in [0.2, 0.25) is 0 Å². The van der Waals surface area contributed by atoms with Gasteiger partial charge in [-0.25, -0.2) is 4.98 Å². The number of anilines is 1. The highest BCUT2D eigenvalue weighted by molar-refractivity contribution is 6.00. The molecule has 0 bridgehead atoms. The van der Waals surface area contributed by atoms with E-state index in [1.54, 1.807) is 12.4 Å². The Morgan fingerprint density at radius 2 is 2.24 bits per heavy atom. The lowest BCUT2D eigenvalue weighted by Gasteiger charge is -2.15. The molecule has 0 aliphatic rings. The summed E-state index contributed by atoms with van der Waals surface area (Å²) in [4.78, 5) is 19.7. The van der Waals surface area contributed by atoms with E-state index in [-0.39, 0.29) is 11.9 Å². The van der Waals surface area contributed by atoms with Crippen molar-refractivity contribution in [1.29, 1.82) is 0 Å². The summed E-state index contributed by atoms with van der Waals surface area (Å²) >= 11 is 0. The molecule has 3 N–H and O–H groups in total. The molecule has 0 saturated carbocycles. The average Bonchev–Trinajstić information content (AvgIpc) is 3.00. The predicted molar refractivity (Wildman–Crippen MR) is 84.4 cm³/mol. The second kappa shape index (κ2) is 6.92. The van der Waals surface area contributed by atoms with Gasteiger partial charge in [-0.3, -0.25) is 4.79 Å². The van der Waals surface area contributed by atoms with Crippen molar-refractivity contribution >= 4 is 11.6 Å². The van der Waals surface area contributed by atoms with Gasteiger partial charge in [0.25, 0.3) is 5.91 Å². The smallest absolute Gasteiger partial charge is 0.253 e. The van der Waals surface area contributed by atoms with Gasteiger partial charge in [0.05, 0.1) is 11.6 Å².